The van der Waals surface area contributed by atoms with E-state index in [9.17, 15) is 9.59 Å². The molecule has 1 amide bonds. The minimum Gasteiger partial charge on any atom is -0.467 e. The number of carbonyl (C=O) groups excluding carboxylic acids is 2. The number of nitrogens with one attached hydrogen (secondary N) is 1. The summed E-state index contributed by atoms with van der Waals surface area (Å²) in [5.74, 6) is -0.698. The van der Waals surface area contributed by atoms with E-state index < -0.39 is 20.3 Å². The van der Waals surface area contributed by atoms with E-state index in [0.29, 0.717) is 13.0 Å². The summed E-state index contributed by atoms with van der Waals surface area (Å²) >= 11 is 0. The minimum absolute atomic E-state index is 0.172. The molecule has 122 valence electrons. The molecule has 0 bridgehead atoms. The molecule has 21 heavy (non-hydrogen) atoms. The van der Waals surface area contributed by atoms with E-state index in [4.69, 9.17) is 4.43 Å². The van der Waals surface area contributed by atoms with Crippen molar-refractivity contribution >= 4 is 20.2 Å². The Morgan fingerprint density at radius 3 is 2.24 bits per heavy atom. The molecular formula is C15H29NO4Si. The van der Waals surface area contributed by atoms with E-state index in [2.05, 4.69) is 43.9 Å². The third kappa shape index (κ3) is 7.43. The Kier molecular flexibility index (Phi) is 7.88. The largest absolute Gasteiger partial charge is 0.467 e. The highest BCUT2D eigenvalue weighted by Gasteiger charge is 2.36. The van der Waals surface area contributed by atoms with Gasteiger partial charge in [-0.2, -0.15) is 0 Å². The molecular weight excluding hydrogens is 286 g/mol. The predicted octanol–water partition coefficient (Wildman–Crippen LogP) is 2.63. The number of carbonyl (C=O) groups is 2. The zero-order valence-electron chi connectivity index (χ0n) is 14.3. The highest BCUT2D eigenvalue weighted by Crippen LogP contribution is 2.36. The first-order valence-corrected chi connectivity index (χ1v) is 10.1. The zero-order valence-corrected chi connectivity index (χ0v) is 15.3. The topological polar surface area (TPSA) is 64.6 Å². The van der Waals surface area contributed by atoms with E-state index >= 15 is 0 Å². The lowest BCUT2D eigenvalue weighted by molar-refractivity contribution is -0.144. The summed E-state index contributed by atoms with van der Waals surface area (Å²) in [6, 6.07) is -0.642. The van der Waals surface area contributed by atoms with E-state index in [1.807, 2.05) is 12.2 Å². The summed E-state index contributed by atoms with van der Waals surface area (Å²) in [7, 11) is -0.443. The van der Waals surface area contributed by atoms with Crippen LogP contribution in [0.4, 0.5) is 0 Å². The number of methoxy groups -OCH3 is 1. The molecule has 1 N–H and O–H groups in total. The summed E-state index contributed by atoms with van der Waals surface area (Å²) in [6.07, 6.45) is 4.12. The van der Waals surface area contributed by atoms with Crippen LogP contribution in [0.2, 0.25) is 18.1 Å². The first-order chi connectivity index (χ1) is 9.51. The number of hydrogen-bond donors (Lipinski definition) is 1. The molecule has 0 saturated heterocycles. The van der Waals surface area contributed by atoms with Gasteiger partial charge in [0, 0.05) is 6.92 Å². The molecule has 0 aliphatic carbocycles. The molecule has 0 unspecified atom stereocenters. The van der Waals surface area contributed by atoms with Gasteiger partial charge < -0.3 is 14.5 Å². The molecule has 5 nitrogen and oxygen atoms in total. The van der Waals surface area contributed by atoms with Crippen molar-refractivity contribution in [1.82, 2.24) is 5.32 Å². The lowest BCUT2D eigenvalue weighted by Gasteiger charge is -2.35. The third-order valence-corrected chi connectivity index (χ3v) is 8.25. The van der Waals surface area contributed by atoms with Crippen LogP contribution in [0.3, 0.4) is 0 Å². The zero-order chi connectivity index (χ0) is 16.7. The maximum atomic E-state index is 11.5. The maximum Gasteiger partial charge on any atom is 0.328 e. The lowest BCUT2D eigenvalue weighted by Crippen LogP contribution is -2.41. The lowest BCUT2D eigenvalue weighted by atomic mass is 10.2. The summed E-state index contributed by atoms with van der Waals surface area (Å²) in [5, 5.41) is 2.74. The van der Waals surface area contributed by atoms with E-state index in [0.717, 1.165) is 0 Å². The standard InChI is InChI=1S/C15H29NO4Si/c1-12(17)16-13(14(18)19-5)10-8-9-11-20-21(6,7)15(2,3)4/h8-9,13H,10-11H2,1-7H3,(H,16,17)/b9-8+/t13-/m0/s1. The van der Waals surface area contributed by atoms with Gasteiger partial charge in [-0.05, 0) is 24.6 Å². The van der Waals surface area contributed by atoms with E-state index in [1.54, 1.807) is 0 Å². The quantitative estimate of drug-likeness (QED) is 0.445. The second kappa shape index (κ2) is 8.34. The van der Waals surface area contributed by atoms with Gasteiger partial charge in [0.1, 0.15) is 6.04 Å². The monoisotopic (exact) mass is 315 g/mol. The van der Waals surface area contributed by atoms with Gasteiger partial charge in [-0.15, -0.1) is 0 Å². The van der Waals surface area contributed by atoms with E-state index in [-0.39, 0.29) is 10.9 Å². The molecule has 0 saturated carbocycles. The van der Waals surface area contributed by atoms with Crippen molar-refractivity contribution in [2.45, 2.75) is 58.3 Å². The smallest absolute Gasteiger partial charge is 0.328 e. The average molecular weight is 315 g/mol. The number of rotatable bonds is 7. The van der Waals surface area contributed by atoms with Crippen LogP contribution >= 0.6 is 0 Å². The van der Waals surface area contributed by atoms with Crippen molar-refractivity contribution in [3.8, 4) is 0 Å². The molecule has 0 fully saturated rings. The van der Waals surface area contributed by atoms with Crippen molar-refractivity contribution in [3.05, 3.63) is 12.2 Å². The van der Waals surface area contributed by atoms with Crippen LogP contribution in [0.1, 0.15) is 34.1 Å². The van der Waals surface area contributed by atoms with Gasteiger partial charge in [-0.1, -0.05) is 32.9 Å². The second-order valence-electron chi connectivity index (χ2n) is 6.55. The Balaban J connectivity index is 4.36. The Morgan fingerprint density at radius 2 is 1.81 bits per heavy atom. The number of amides is 1. The highest BCUT2D eigenvalue weighted by atomic mass is 28.4. The third-order valence-electron chi connectivity index (χ3n) is 3.75. The number of ether oxygens (including phenoxy) is 1. The second-order valence-corrected chi connectivity index (χ2v) is 11.4. The molecule has 0 aliphatic rings. The van der Waals surface area contributed by atoms with Crippen molar-refractivity contribution in [2.24, 2.45) is 0 Å². The van der Waals surface area contributed by atoms with Crippen LogP contribution in [-0.4, -0.2) is 40.0 Å². The fourth-order valence-corrected chi connectivity index (χ4v) is 2.32. The molecule has 0 spiro atoms. The molecule has 0 rings (SSSR count). The molecule has 6 heteroatoms. The van der Waals surface area contributed by atoms with Crippen LogP contribution in [0.25, 0.3) is 0 Å². The Bertz CT molecular complexity index is 386. The van der Waals surface area contributed by atoms with Gasteiger partial charge in [-0.25, -0.2) is 4.79 Å². The van der Waals surface area contributed by atoms with Crippen molar-refractivity contribution < 1.29 is 18.8 Å². The van der Waals surface area contributed by atoms with Gasteiger partial charge in [0.05, 0.1) is 13.7 Å². The summed E-state index contributed by atoms with van der Waals surface area (Å²) in [5.41, 5.74) is 0. The maximum absolute atomic E-state index is 11.5. The summed E-state index contributed by atoms with van der Waals surface area (Å²) in [4.78, 5) is 22.5. The molecule has 1 atom stereocenters. The van der Waals surface area contributed by atoms with Crippen molar-refractivity contribution in [1.29, 1.82) is 0 Å². The SMILES string of the molecule is COC(=O)[C@H](C/C=C/CO[Si](C)(C)C(C)(C)C)NC(C)=O. The summed E-state index contributed by atoms with van der Waals surface area (Å²) < 4.78 is 10.6. The molecule has 0 radical (unpaired) electrons. The number of hydrogen-bond acceptors (Lipinski definition) is 4. The first-order valence-electron chi connectivity index (χ1n) is 7.15. The van der Waals surface area contributed by atoms with Gasteiger partial charge in [-0.3, -0.25) is 4.79 Å². The molecule has 0 aromatic rings. The normalized spacial score (nSPS) is 14.0. The minimum atomic E-state index is -1.75. The van der Waals surface area contributed by atoms with Gasteiger partial charge in [0.15, 0.2) is 8.32 Å². The van der Waals surface area contributed by atoms with Crippen LogP contribution in [0, 0.1) is 0 Å². The first kappa shape index (κ1) is 19.9. The number of esters is 1. The van der Waals surface area contributed by atoms with Gasteiger partial charge >= 0.3 is 5.97 Å². The van der Waals surface area contributed by atoms with Crippen molar-refractivity contribution in [2.75, 3.05) is 13.7 Å². The average Bonchev–Trinajstić information content (AvgIpc) is 2.34. The molecule has 0 aromatic heterocycles. The van der Waals surface area contributed by atoms with Crippen LogP contribution < -0.4 is 5.32 Å². The fraction of sp³-hybridized carbons (Fsp3) is 0.733. The predicted molar refractivity (Wildman–Crippen MR) is 86.5 cm³/mol. The van der Waals surface area contributed by atoms with E-state index in [1.165, 1.54) is 14.0 Å². The van der Waals surface area contributed by atoms with Crippen molar-refractivity contribution in [3.63, 3.8) is 0 Å². The van der Waals surface area contributed by atoms with Crippen LogP contribution in [0.15, 0.2) is 12.2 Å². The molecule has 0 heterocycles. The molecule has 0 aliphatic heterocycles. The Hall–Kier alpha value is -1.14. The Labute approximate surface area is 129 Å². The van der Waals surface area contributed by atoms with Crippen LogP contribution in [0.5, 0.6) is 0 Å². The van der Waals surface area contributed by atoms with Gasteiger partial charge in [0.25, 0.3) is 0 Å². The Morgan fingerprint density at radius 1 is 1.24 bits per heavy atom. The molecule has 0 aromatic carbocycles. The van der Waals surface area contributed by atoms with Gasteiger partial charge in [0.2, 0.25) is 5.91 Å². The summed E-state index contributed by atoms with van der Waals surface area (Å²) in [6.45, 7) is 12.8. The highest BCUT2D eigenvalue weighted by molar-refractivity contribution is 6.74. The fourth-order valence-electron chi connectivity index (χ4n) is 1.37. The van der Waals surface area contributed by atoms with Crippen LogP contribution in [-0.2, 0) is 18.8 Å².